The maximum atomic E-state index is 6.09. The fraction of sp³-hybridized carbons (Fsp3) is 0.562. The molecule has 0 radical (unpaired) electrons. The SMILES string of the molecule is CC(C)Oc1cccc2c1nc(CCl)n2CC(C)N(C)C. The Kier molecular flexibility index (Phi) is 5.12. The zero-order valence-corrected chi connectivity index (χ0v) is 14.2. The summed E-state index contributed by atoms with van der Waals surface area (Å²) in [6.07, 6.45) is 0.126. The van der Waals surface area contributed by atoms with Crippen molar-refractivity contribution in [3.05, 3.63) is 24.0 Å². The molecule has 0 aliphatic heterocycles. The Balaban J connectivity index is 2.49. The van der Waals surface area contributed by atoms with Crippen LogP contribution in [0.2, 0.25) is 0 Å². The number of aromatic nitrogens is 2. The monoisotopic (exact) mass is 309 g/mol. The van der Waals surface area contributed by atoms with Gasteiger partial charge in [0.1, 0.15) is 17.1 Å². The lowest BCUT2D eigenvalue weighted by molar-refractivity contribution is 0.245. The number of imidazole rings is 1. The molecule has 1 aromatic carbocycles. The zero-order chi connectivity index (χ0) is 15.6. The number of ether oxygens (including phenoxy) is 1. The number of halogens is 1. The zero-order valence-electron chi connectivity index (χ0n) is 13.4. The van der Waals surface area contributed by atoms with Crippen LogP contribution in [-0.2, 0) is 12.4 Å². The number of likely N-dealkylation sites (N-methyl/N-ethyl adjacent to an activating group) is 1. The minimum atomic E-state index is 0.126. The number of benzene rings is 1. The van der Waals surface area contributed by atoms with Crippen molar-refractivity contribution in [2.45, 2.75) is 45.3 Å². The summed E-state index contributed by atoms with van der Waals surface area (Å²) in [7, 11) is 4.16. The third-order valence-corrected chi connectivity index (χ3v) is 3.87. The van der Waals surface area contributed by atoms with Crippen molar-refractivity contribution in [1.82, 2.24) is 14.5 Å². The van der Waals surface area contributed by atoms with Crippen LogP contribution in [0.15, 0.2) is 18.2 Å². The molecule has 1 aromatic heterocycles. The first-order chi connectivity index (χ1) is 9.93. The van der Waals surface area contributed by atoms with Crippen LogP contribution in [0.1, 0.15) is 26.6 Å². The molecule has 5 heteroatoms. The standard InChI is InChI=1S/C16H24ClN3O/c1-11(2)21-14-8-6-7-13-16(14)18-15(9-17)20(13)10-12(3)19(4)5/h6-8,11-12H,9-10H2,1-5H3. The van der Waals surface area contributed by atoms with Gasteiger partial charge in [-0.25, -0.2) is 4.98 Å². The molecule has 1 atom stereocenters. The Bertz CT molecular complexity index is 607. The van der Waals surface area contributed by atoms with Crippen LogP contribution in [0, 0.1) is 0 Å². The smallest absolute Gasteiger partial charge is 0.147 e. The lowest BCUT2D eigenvalue weighted by Crippen LogP contribution is -2.29. The highest BCUT2D eigenvalue weighted by Gasteiger charge is 2.16. The molecule has 0 aliphatic carbocycles. The third kappa shape index (κ3) is 3.50. The number of hydrogen-bond acceptors (Lipinski definition) is 3. The molecule has 4 nitrogen and oxygen atoms in total. The molecule has 0 saturated heterocycles. The summed E-state index contributed by atoms with van der Waals surface area (Å²) in [4.78, 5) is 6.88. The van der Waals surface area contributed by atoms with Crippen molar-refractivity contribution in [3.63, 3.8) is 0 Å². The lowest BCUT2D eigenvalue weighted by Gasteiger charge is -2.21. The van der Waals surface area contributed by atoms with Crippen LogP contribution in [0.3, 0.4) is 0 Å². The molecule has 2 aromatic rings. The van der Waals surface area contributed by atoms with E-state index in [9.17, 15) is 0 Å². The molecule has 21 heavy (non-hydrogen) atoms. The van der Waals surface area contributed by atoms with Gasteiger partial charge in [-0.3, -0.25) is 0 Å². The molecule has 0 bridgehead atoms. The quantitative estimate of drug-likeness (QED) is 0.765. The molecule has 0 amide bonds. The maximum Gasteiger partial charge on any atom is 0.147 e. The van der Waals surface area contributed by atoms with Gasteiger partial charge in [0.15, 0.2) is 0 Å². The molecular weight excluding hydrogens is 286 g/mol. The van der Waals surface area contributed by atoms with Crippen molar-refractivity contribution in [1.29, 1.82) is 0 Å². The van der Waals surface area contributed by atoms with Crippen LogP contribution in [0.4, 0.5) is 0 Å². The van der Waals surface area contributed by atoms with Gasteiger partial charge >= 0.3 is 0 Å². The van der Waals surface area contributed by atoms with E-state index in [-0.39, 0.29) is 6.10 Å². The molecule has 1 unspecified atom stereocenters. The predicted molar refractivity (Wildman–Crippen MR) is 88.2 cm³/mol. The lowest BCUT2D eigenvalue weighted by atomic mass is 10.2. The summed E-state index contributed by atoms with van der Waals surface area (Å²) >= 11 is 6.09. The van der Waals surface area contributed by atoms with Gasteiger partial charge in [-0.1, -0.05) is 6.07 Å². The summed E-state index contributed by atoms with van der Waals surface area (Å²) < 4.78 is 8.06. The summed E-state index contributed by atoms with van der Waals surface area (Å²) in [5, 5.41) is 0. The van der Waals surface area contributed by atoms with Gasteiger partial charge in [0.2, 0.25) is 0 Å². The highest BCUT2D eigenvalue weighted by atomic mass is 35.5. The second kappa shape index (κ2) is 6.67. The molecule has 116 valence electrons. The van der Waals surface area contributed by atoms with Crippen molar-refractivity contribution in [2.75, 3.05) is 14.1 Å². The van der Waals surface area contributed by atoms with Crippen molar-refractivity contribution in [3.8, 4) is 5.75 Å². The van der Waals surface area contributed by atoms with E-state index >= 15 is 0 Å². The Morgan fingerprint density at radius 3 is 2.57 bits per heavy atom. The highest BCUT2D eigenvalue weighted by Crippen LogP contribution is 2.28. The van der Waals surface area contributed by atoms with E-state index in [0.717, 1.165) is 29.2 Å². The summed E-state index contributed by atoms with van der Waals surface area (Å²) in [5.41, 5.74) is 1.98. The highest BCUT2D eigenvalue weighted by molar-refractivity contribution is 6.16. The molecule has 0 fully saturated rings. The van der Waals surface area contributed by atoms with E-state index in [1.165, 1.54) is 0 Å². The number of nitrogens with zero attached hydrogens (tertiary/aromatic N) is 3. The van der Waals surface area contributed by atoms with Crippen LogP contribution >= 0.6 is 11.6 Å². The van der Waals surface area contributed by atoms with E-state index in [2.05, 4.69) is 41.5 Å². The minimum Gasteiger partial charge on any atom is -0.489 e. The molecule has 1 heterocycles. The van der Waals surface area contributed by atoms with Crippen LogP contribution in [0.25, 0.3) is 11.0 Å². The molecule has 0 saturated carbocycles. The number of alkyl halides is 1. The Morgan fingerprint density at radius 2 is 2.00 bits per heavy atom. The van der Waals surface area contributed by atoms with Gasteiger partial charge < -0.3 is 14.2 Å². The van der Waals surface area contributed by atoms with E-state index in [0.29, 0.717) is 11.9 Å². The second-order valence-electron chi connectivity index (χ2n) is 5.88. The first kappa shape index (κ1) is 16.1. The average molecular weight is 310 g/mol. The Morgan fingerprint density at radius 1 is 1.29 bits per heavy atom. The van der Waals surface area contributed by atoms with Crippen LogP contribution in [0.5, 0.6) is 5.75 Å². The number of hydrogen-bond donors (Lipinski definition) is 0. The predicted octanol–water partition coefficient (Wildman–Crippen LogP) is 3.51. The van der Waals surface area contributed by atoms with E-state index in [4.69, 9.17) is 16.3 Å². The Hall–Kier alpha value is -1.26. The van der Waals surface area contributed by atoms with Crippen LogP contribution in [-0.4, -0.2) is 40.7 Å². The number of rotatable bonds is 6. The molecule has 0 spiro atoms. The van der Waals surface area contributed by atoms with E-state index in [1.54, 1.807) is 0 Å². The van der Waals surface area contributed by atoms with Crippen LogP contribution < -0.4 is 4.74 Å². The first-order valence-corrected chi connectivity index (χ1v) is 7.84. The largest absolute Gasteiger partial charge is 0.489 e. The topological polar surface area (TPSA) is 30.3 Å². The summed E-state index contributed by atoms with van der Waals surface area (Å²) in [5.74, 6) is 2.11. The third-order valence-electron chi connectivity index (χ3n) is 3.63. The first-order valence-electron chi connectivity index (χ1n) is 7.31. The molecule has 2 rings (SSSR count). The van der Waals surface area contributed by atoms with Gasteiger partial charge in [-0.15, -0.1) is 11.6 Å². The normalized spacial score (nSPS) is 13.3. The second-order valence-corrected chi connectivity index (χ2v) is 6.14. The molecule has 0 aliphatic rings. The van der Waals surface area contributed by atoms with E-state index in [1.807, 2.05) is 26.0 Å². The van der Waals surface area contributed by atoms with Crippen molar-refractivity contribution < 1.29 is 4.74 Å². The number of fused-ring (bicyclic) bond motifs is 1. The van der Waals surface area contributed by atoms with Gasteiger partial charge in [0.05, 0.1) is 17.5 Å². The van der Waals surface area contributed by atoms with Gasteiger partial charge in [0.25, 0.3) is 0 Å². The van der Waals surface area contributed by atoms with Crippen molar-refractivity contribution in [2.24, 2.45) is 0 Å². The average Bonchev–Trinajstić information content (AvgIpc) is 2.77. The fourth-order valence-corrected chi connectivity index (χ4v) is 2.46. The number of para-hydroxylation sites is 1. The Labute approximate surface area is 131 Å². The van der Waals surface area contributed by atoms with Gasteiger partial charge in [0, 0.05) is 12.6 Å². The molecule has 0 N–H and O–H groups in total. The maximum absolute atomic E-state index is 6.09. The van der Waals surface area contributed by atoms with Gasteiger partial charge in [-0.2, -0.15) is 0 Å². The molecular formula is C16H24ClN3O. The van der Waals surface area contributed by atoms with Gasteiger partial charge in [-0.05, 0) is 47.0 Å². The summed E-state index contributed by atoms with van der Waals surface area (Å²) in [6.45, 7) is 7.09. The summed E-state index contributed by atoms with van der Waals surface area (Å²) in [6, 6.07) is 6.46. The minimum absolute atomic E-state index is 0.126. The van der Waals surface area contributed by atoms with Crippen molar-refractivity contribution >= 4 is 22.6 Å². The fourth-order valence-electron chi connectivity index (χ4n) is 2.25. The van der Waals surface area contributed by atoms with E-state index < -0.39 is 0 Å².